The average Bonchev–Trinajstić information content (AvgIpc) is 2.55. The first-order valence-corrected chi connectivity index (χ1v) is 8.01. The highest BCUT2D eigenvalue weighted by molar-refractivity contribution is 5.46. The summed E-state index contributed by atoms with van der Waals surface area (Å²) in [5.41, 5.74) is 2.13. The van der Waals surface area contributed by atoms with Crippen LogP contribution in [0.25, 0.3) is 0 Å². The van der Waals surface area contributed by atoms with E-state index in [1.807, 2.05) is 55.5 Å². The second-order valence-electron chi connectivity index (χ2n) is 5.43. The molecule has 0 heterocycles. The molecular weight excluding hydrogens is 290 g/mol. The van der Waals surface area contributed by atoms with Crippen LogP contribution < -0.4 is 14.8 Å². The molecule has 0 unspecified atom stereocenters. The van der Waals surface area contributed by atoms with E-state index in [-0.39, 0.29) is 6.10 Å². The predicted octanol–water partition coefficient (Wildman–Crippen LogP) is 3.13. The molecule has 0 saturated carbocycles. The lowest BCUT2D eigenvalue weighted by Crippen LogP contribution is -2.24. The number of hydrogen-bond donors (Lipinski definition) is 2. The molecule has 0 radical (unpaired) electrons. The SMILES string of the molecule is CCOc1cccc(CNC[C@H](C)O)c1OCc1ccccc1. The summed E-state index contributed by atoms with van der Waals surface area (Å²) in [5.74, 6) is 1.51. The molecule has 4 nitrogen and oxygen atoms in total. The summed E-state index contributed by atoms with van der Waals surface area (Å²) in [4.78, 5) is 0. The summed E-state index contributed by atoms with van der Waals surface area (Å²) in [6, 6.07) is 15.9. The van der Waals surface area contributed by atoms with Gasteiger partial charge in [0.15, 0.2) is 11.5 Å². The van der Waals surface area contributed by atoms with E-state index >= 15 is 0 Å². The molecule has 0 aromatic heterocycles. The van der Waals surface area contributed by atoms with Gasteiger partial charge in [0.2, 0.25) is 0 Å². The van der Waals surface area contributed by atoms with Crippen molar-refractivity contribution in [1.29, 1.82) is 0 Å². The molecule has 0 fully saturated rings. The molecule has 0 aliphatic rings. The largest absolute Gasteiger partial charge is 0.490 e. The van der Waals surface area contributed by atoms with Crippen LogP contribution in [0, 0.1) is 0 Å². The Hall–Kier alpha value is -2.04. The first kappa shape index (κ1) is 17.3. The maximum atomic E-state index is 9.37. The molecular formula is C19H25NO3. The summed E-state index contributed by atoms with van der Waals surface area (Å²) in [5, 5.41) is 12.6. The van der Waals surface area contributed by atoms with Gasteiger partial charge in [-0.25, -0.2) is 0 Å². The number of ether oxygens (including phenoxy) is 2. The van der Waals surface area contributed by atoms with E-state index < -0.39 is 0 Å². The third kappa shape index (κ3) is 5.58. The summed E-state index contributed by atoms with van der Waals surface area (Å²) < 4.78 is 11.7. The van der Waals surface area contributed by atoms with Crippen molar-refractivity contribution in [3.63, 3.8) is 0 Å². The minimum absolute atomic E-state index is 0.376. The van der Waals surface area contributed by atoms with E-state index in [1.165, 1.54) is 0 Å². The number of nitrogens with one attached hydrogen (secondary N) is 1. The summed E-state index contributed by atoms with van der Waals surface area (Å²) >= 11 is 0. The highest BCUT2D eigenvalue weighted by Crippen LogP contribution is 2.32. The Labute approximate surface area is 138 Å². The Balaban J connectivity index is 2.12. The molecule has 2 aromatic rings. The maximum absolute atomic E-state index is 9.37. The Kier molecular flexibility index (Phi) is 6.91. The molecule has 0 aliphatic carbocycles. The summed E-state index contributed by atoms with van der Waals surface area (Å²) in [6.07, 6.45) is -0.376. The van der Waals surface area contributed by atoms with Crippen molar-refractivity contribution in [3.05, 3.63) is 59.7 Å². The fourth-order valence-electron chi connectivity index (χ4n) is 2.28. The van der Waals surface area contributed by atoms with Crippen LogP contribution in [0.3, 0.4) is 0 Å². The zero-order valence-electron chi connectivity index (χ0n) is 13.8. The lowest BCUT2D eigenvalue weighted by molar-refractivity contribution is 0.190. The van der Waals surface area contributed by atoms with Crippen molar-refractivity contribution in [3.8, 4) is 11.5 Å². The van der Waals surface area contributed by atoms with Crippen LogP contribution in [-0.4, -0.2) is 24.4 Å². The first-order chi connectivity index (χ1) is 11.2. The van der Waals surface area contributed by atoms with Gasteiger partial charge in [-0.3, -0.25) is 0 Å². The minimum atomic E-state index is -0.376. The van der Waals surface area contributed by atoms with E-state index in [9.17, 15) is 5.11 Å². The van der Waals surface area contributed by atoms with E-state index in [0.29, 0.717) is 26.3 Å². The van der Waals surface area contributed by atoms with Crippen LogP contribution in [0.15, 0.2) is 48.5 Å². The van der Waals surface area contributed by atoms with Gasteiger partial charge in [-0.1, -0.05) is 42.5 Å². The molecule has 0 spiro atoms. The summed E-state index contributed by atoms with van der Waals surface area (Å²) in [6.45, 7) is 5.96. The molecule has 0 amide bonds. The van der Waals surface area contributed by atoms with Gasteiger partial charge in [0.25, 0.3) is 0 Å². The van der Waals surface area contributed by atoms with Gasteiger partial charge in [0.1, 0.15) is 6.61 Å². The van der Waals surface area contributed by atoms with Gasteiger partial charge < -0.3 is 19.9 Å². The van der Waals surface area contributed by atoms with Crippen molar-refractivity contribution >= 4 is 0 Å². The number of para-hydroxylation sites is 1. The van der Waals surface area contributed by atoms with E-state index in [4.69, 9.17) is 9.47 Å². The number of rotatable bonds is 9. The maximum Gasteiger partial charge on any atom is 0.166 e. The van der Waals surface area contributed by atoms with E-state index in [2.05, 4.69) is 5.32 Å². The predicted molar refractivity (Wildman–Crippen MR) is 91.8 cm³/mol. The molecule has 2 N–H and O–H groups in total. The first-order valence-electron chi connectivity index (χ1n) is 8.01. The third-order valence-electron chi connectivity index (χ3n) is 3.34. The van der Waals surface area contributed by atoms with Crippen LogP contribution >= 0.6 is 0 Å². The topological polar surface area (TPSA) is 50.7 Å². The molecule has 2 aromatic carbocycles. The lowest BCUT2D eigenvalue weighted by atomic mass is 10.1. The van der Waals surface area contributed by atoms with Crippen LogP contribution in [0.4, 0.5) is 0 Å². The third-order valence-corrected chi connectivity index (χ3v) is 3.34. The fourth-order valence-corrected chi connectivity index (χ4v) is 2.28. The van der Waals surface area contributed by atoms with Crippen molar-refractivity contribution in [1.82, 2.24) is 5.32 Å². The van der Waals surface area contributed by atoms with Crippen LogP contribution in [0.2, 0.25) is 0 Å². The zero-order chi connectivity index (χ0) is 16.5. The van der Waals surface area contributed by atoms with Gasteiger partial charge >= 0.3 is 0 Å². The van der Waals surface area contributed by atoms with Crippen LogP contribution in [-0.2, 0) is 13.2 Å². The van der Waals surface area contributed by atoms with Gasteiger partial charge in [-0.15, -0.1) is 0 Å². The molecule has 1 atom stereocenters. The van der Waals surface area contributed by atoms with E-state index in [0.717, 1.165) is 22.6 Å². The number of benzene rings is 2. The van der Waals surface area contributed by atoms with Gasteiger partial charge in [-0.2, -0.15) is 0 Å². The zero-order valence-corrected chi connectivity index (χ0v) is 13.8. The summed E-state index contributed by atoms with van der Waals surface area (Å²) in [7, 11) is 0. The molecule has 23 heavy (non-hydrogen) atoms. The van der Waals surface area contributed by atoms with Crippen LogP contribution in [0.1, 0.15) is 25.0 Å². The Bertz CT molecular complexity index is 584. The number of hydrogen-bond acceptors (Lipinski definition) is 4. The second kappa shape index (κ2) is 9.18. The smallest absolute Gasteiger partial charge is 0.166 e. The monoisotopic (exact) mass is 315 g/mol. The quantitative estimate of drug-likeness (QED) is 0.746. The Morgan fingerprint density at radius 1 is 1.04 bits per heavy atom. The van der Waals surface area contributed by atoms with Gasteiger partial charge in [0.05, 0.1) is 12.7 Å². The molecule has 124 valence electrons. The highest BCUT2D eigenvalue weighted by atomic mass is 16.5. The second-order valence-corrected chi connectivity index (χ2v) is 5.43. The minimum Gasteiger partial charge on any atom is -0.490 e. The Morgan fingerprint density at radius 3 is 2.52 bits per heavy atom. The average molecular weight is 315 g/mol. The van der Waals surface area contributed by atoms with Crippen molar-refractivity contribution in [2.24, 2.45) is 0 Å². The Morgan fingerprint density at radius 2 is 1.83 bits per heavy atom. The van der Waals surface area contributed by atoms with Gasteiger partial charge in [-0.05, 0) is 25.5 Å². The number of aliphatic hydroxyl groups is 1. The normalized spacial score (nSPS) is 12.0. The lowest BCUT2D eigenvalue weighted by Gasteiger charge is -2.17. The number of aliphatic hydroxyl groups excluding tert-OH is 1. The van der Waals surface area contributed by atoms with E-state index in [1.54, 1.807) is 6.92 Å². The fraction of sp³-hybridized carbons (Fsp3) is 0.368. The molecule has 4 heteroatoms. The molecule has 0 aliphatic heterocycles. The highest BCUT2D eigenvalue weighted by Gasteiger charge is 2.11. The van der Waals surface area contributed by atoms with Crippen molar-refractivity contribution in [2.45, 2.75) is 33.1 Å². The van der Waals surface area contributed by atoms with Crippen molar-refractivity contribution in [2.75, 3.05) is 13.2 Å². The molecule has 0 saturated heterocycles. The van der Waals surface area contributed by atoms with Gasteiger partial charge in [0, 0.05) is 18.7 Å². The van der Waals surface area contributed by atoms with Crippen LogP contribution in [0.5, 0.6) is 11.5 Å². The standard InChI is InChI=1S/C19H25NO3/c1-3-22-18-11-7-10-17(13-20-12-15(2)21)19(18)23-14-16-8-5-4-6-9-16/h4-11,15,20-21H,3,12-14H2,1-2H3/t15-/m0/s1. The van der Waals surface area contributed by atoms with Crippen molar-refractivity contribution < 1.29 is 14.6 Å². The molecule has 2 rings (SSSR count). The molecule has 0 bridgehead atoms.